The van der Waals surface area contributed by atoms with Crippen molar-refractivity contribution >= 4 is 5.91 Å². The van der Waals surface area contributed by atoms with E-state index in [1.165, 1.54) is 0 Å². The second kappa shape index (κ2) is 7.90. The summed E-state index contributed by atoms with van der Waals surface area (Å²) >= 11 is 0. The van der Waals surface area contributed by atoms with E-state index in [1.54, 1.807) is 44.7 Å². The maximum atomic E-state index is 12.4. The first-order valence-corrected chi connectivity index (χ1v) is 9.20. The molecule has 1 amide bonds. The van der Waals surface area contributed by atoms with Crippen LogP contribution in [0.2, 0.25) is 0 Å². The van der Waals surface area contributed by atoms with E-state index in [0.717, 1.165) is 22.5 Å². The van der Waals surface area contributed by atoms with Crippen LogP contribution in [0.3, 0.4) is 0 Å². The van der Waals surface area contributed by atoms with Gasteiger partial charge in [0.05, 0.1) is 12.1 Å². The lowest BCUT2D eigenvalue weighted by molar-refractivity contribution is 0.0782. The average Bonchev–Trinajstić information content (AvgIpc) is 3.15. The van der Waals surface area contributed by atoms with Crippen LogP contribution in [0, 0.1) is 0 Å². The van der Waals surface area contributed by atoms with Crippen molar-refractivity contribution in [2.24, 2.45) is 0 Å². The Morgan fingerprint density at radius 2 is 1.89 bits per heavy atom. The summed E-state index contributed by atoms with van der Waals surface area (Å²) in [6.45, 7) is 7.84. The largest absolute Gasteiger partial charge is 0.386 e. The first kappa shape index (κ1) is 19.7. The SMILES string of the molecule is CC(C)n1cnnc1CNC(=O)c1ccc(-c2cncc(C(C)(C)O)c2)cc1. The number of aromatic nitrogens is 4. The Bertz CT molecular complexity index is 955. The summed E-state index contributed by atoms with van der Waals surface area (Å²) in [5.41, 5.74) is 2.15. The topological polar surface area (TPSA) is 92.9 Å². The van der Waals surface area contributed by atoms with Crippen LogP contribution in [0.5, 0.6) is 0 Å². The van der Waals surface area contributed by atoms with Crippen molar-refractivity contribution in [2.45, 2.75) is 45.9 Å². The molecule has 0 unspecified atom stereocenters. The minimum Gasteiger partial charge on any atom is -0.386 e. The molecule has 0 aliphatic rings. The summed E-state index contributed by atoms with van der Waals surface area (Å²) in [6.07, 6.45) is 5.06. The lowest BCUT2D eigenvalue weighted by Gasteiger charge is -2.18. The summed E-state index contributed by atoms with van der Waals surface area (Å²) in [5, 5.41) is 21.0. The molecule has 0 aliphatic carbocycles. The Hall–Kier alpha value is -3.06. The minimum absolute atomic E-state index is 0.173. The highest BCUT2D eigenvalue weighted by Crippen LogP contribution is 2.25. The van der Waals surface area contributed by atoms with Crippen LogP contribution in [-0.4, -0.2) is 30.8 Å². The third kappa shape index (κ3) is 4.43. The molecule has 2 N–H and O–H groups in total. The van der Waals surface area contributed by atoms with E-state index in [2.05, 4.69) is 20.5 Å². The molecule has 3 aromatic rings. The molecule has 0 spiro atoms. The van der Waals surface area contributed by atoms with Crippen molar-refractivity contribution in [2.75, 3.05) is 0 Å². The number of carbonyl (C=O) groups is 1. The number of rotatable bonds is 6. The number of pyridine rings is 1. The fraction of sp³-hybridized carbons (Fsp3) is 0.333. The molecule has 2 aromatic heterocycles. The fourth-order valence-electron chi connectivity index (χ4n) is 2.83. The Labute approximate surface area is 164 Å². The Morgan fingerprint density at radius 3 is 2.54 bits per heavy atom. The van der Waals surface area contributed by atoms with Crippen LogP contribution in [0.15, 0.2) is 49.1 Å². The molecule has 7 nitrogen and oxygen atoms in total. The van der Waals surface area contributed by atoms with E-state index in [9.17, 15) is 9.90 Å². The number of carbonyl (C=O) groups excluding carboxylic acids is 1. The Kier molecular flexibility index (Phi) is 5.56. The molecule has 0 aliphatic heterocycles. The van der Waals surface area contributed by atoms with Gasteiger partial charge in [-0.1, -0.05) is 12.1 Å². The Morgan fingerprint density at radius 1 is 1.18 bits per heavy atom. The van der Waals surface area contributed by atoms with Gasteiger partial charge in [-0.3, -0.25) is 9.78 Å². The number of hydrogen-bond acceptors (Lipinski definition) is 5. The number of nitrogens with one attached hydrogen (secondary N) is 1. The van der Waals surface area contributed by atoms with Crippen LogP contribution >= 0.6 is 0 Å². The maximum absolute atomic E-state index is 12.4. The quantitative estimate of drug-likeness (QED) is 0.687. The molecule has 7 heteroatoms. The molecule has 0 saturated carbocycles. The van der Waals surface area contributed by atoms with Gasteiger partial charge >= 0.3 is 0 Å². The third-order valence-corrected chi connectivity index (χ3v) is 4.54. The van der Waals surface area contributed by atoms with Crippen LogP contribution in [-0.2, 0) is 12.1 Å². The van der Waals surface area contributed by atoms with Crippen molar-refractivity contribution in [3.05, 3.63) is 66.0 Å². The summed E-state index contributed by atoms with van der Waals surface area (Å²) in [4.78, 5) is 16.7. The van der Waals surface area contributed by atoms with Crippen molar-refractivity contribution in [3.8, 4) is 11.1 Å². The smallest absolute Gasteiger partial charge is 0.251 e. The molecule has 3 rings (SSSR count). The lowest BCUT2D eigenvalue weighted by atomic mass is 9.96. The van der Waals surface area contributed by atoms with Gasteiger partial charge in [0.2, 0.25) is 0 Å². The molecule has 0 bridgehead atoms. The number of aliphatic hydroxyl groups is 1. The standard InChI is InChI=1S/C21H25N5O2/c1-14(2)26-13-24-25-19(26)12-23-20(27)16-7-5-15(6-8-16)17-9-18(11-22-10-17)21(3,4)28/h5-11,13-14,28H,12H2,1-4H3,(H,23,27). The van der Waals surface area contributed by atoms with E-state index in [4.69, 9.17) is 0 Å². The lowest BCUT2D eigenvalue weighted by Crippen LogP contribution is -2.25. The zero-order valence-corrected chi connectivity index (χ0v) is 16.5. The van der Waals surface area contributed by atoms with Gasteiger partial charge < -0.3 is 15.0 Å². The molecule has 0 fully saturated rings. The van der Waals surface area contributed by atoms with Gasteiger partial charge in [0, 0.05) is 35.1 Å². The second-order valence-electron chi connectivity index (χ2n) is 7.53. The van der Waals surface area contributed by atoms with Gasteiger partial charge in [-0.25, -0.2) is 0 Å². The van der Waals surface area contributed by atoms with E-state index in [-0.39, 0.29) is 11.9 Å². The predicted molar refractivity (Wildman–Crippen MR) is 106 cm³/mol. The van der Waals surface area contributed by atoms with Gasteiger partial charge in [0.1, 0.15) is 6.33 Å². The zero-order chi connectivity index (χ0) is 20.3. The molecular weight excluding hydrogens is 354 g/mol. The second-order valence-corrected chi connectivity index (χ2v) is 7.53. The molecule has 0 atom stereocenters. The van der Waals surface area contributed by atoms with Crippen LogP contribution in [0.1, 0.15) is 55.5 Å². The number of benzene rings is 1. The normalized spacial score (nSPS) is 11.6. The van der Waals surface area contributed by atoms with Crippen LogP contribution < -0.4 is 5.32 Å². The minimum atomic E-state index is -0.959. The molecular formula is C21H25N5O2. The first-order chi connectivity index (χ1) is 13.3. The summed E-state index contributed by atoms with van der Waals surface area (Å²) < 4.78 is 1.92. The molecule has 0 saturated heterocycles. The number of nitrogens with zero attached hydrogens (tertiary/aromatic N) is 4. The summed E-state index contributed by atoms with van der Waals surface area (Å²) in [7, 11) is 0. The summed E-state index contributed by atoms with van der Waals surface area (Å²) in [5.74, 6) is 0.544. The summed E-state index contributed by atoms with van der Waals surface area (Å²) in [6, 6.07) is 9.42. The average molecular weight is 379 g/mol. The van der Waals surface area contributed by atoms with E-state index >= 15 is 0 Å². The van der Waals surface area contributed by atoms with Crippen LogP contribution in [0.4, 0.5) is 0 Å². The third-order valence-electron chi connectivity index (χ3n) is 4.54. The molecule has 146 valence electrons. The van der Waals surface area contributed by atoms with Gasteiger partial charge in [-0.2, -0.15) is 0 Å². The Balaban J connectivity index is 1.70. The van der Waals surface area contributed by atoms with Crippen molar-refractivity contribution in [1.82, 2.24) is 25.1 Å². The van der Waals surface area contributed by atoms with Crippen molar-refractivity contribution in [3.63, 3.8) is 0 Å². The van der Waals surface area contributed by atoms with Gasteiger partial charge in [0.15, 0.2) is 5.82 Å². The van der Waals surface area contributed by atoms with Gasteiger partial charge in [0.25, 0.3) is 5.91 Å². The molecule has 1 aromatic carbocycles. The highest BCUT2D eigenvalue weighted by atomic mass is 16.3. The first-order valence-electron chi connectivity index (χ1n) is 9.20. The predicted octanol–water partition coefficient (Wildman–Crippen LogP) is 3.08. The highest BCUT2D eigenvalue weighted by Gasteiger charge is 2.17. The number of hydrogen-bond donors (Lipinski definition) is 2. The van der Waals surface area contributed by atoms with E-state index < -0.39 is 5.60 Å². The van der Waals surface area contributed by atoms with Crippen molar-refractivity contribution < 1.29 is 9.90 Å². The van der Waals surface area contributed by atoms with Gasteiger partial charge in [-0.15, -0.1) is 10.2 Å². The molecule has 0 radical (unpaired) electrons. The van der Waals surface area contributed by atoms with Gasteiger partial charge in [-0.05, 0) is 51.5 Å². The van der Waals surface area contributed by atoms with Crippen molar-refractivity contribution in [1.29, 1.82) is 0 Å². The highest BCUT2D eigenvalue weighted by molar-refractivity contribution is 5.94. The molecule has 28 heavy (non-hydrogen) atoms. The molecule has 2 heterocycles. The van der Waals surface area contributed by atoms with E-state index in [0.29, 0.717) is 12.1 Å². The fourth-order valence-corrected chi connectivity index (χ4v) is 2.83. The maximum Gasteiger partial charge on any atom is 0.251 e. The van der Waals surface area contributed by atoms with Crippen LogP contribution in [0.25, 0.3) is 11.1 Å². The monoisotopic (exact) mass is 379 g/mol. The number of amides is 1. The van der Waals surface area contributed by atoms with E-state index in [1.807, 2.05) is 36.6 Å². The zero-order valence-electron chi connectivity index (χ0n) is 16.5.